The van der Waals surface area contributed by atoms with Crippen LogP contribution in [0.5, 0.6) is 5.75 Å². The van der Waals surface area contributed by atoms with E-state index in [1.165, 1.54) is 7.11 Å². The lowest BCUT2D eigenvalue weighted by atomic mass is 10.2. The van der Waals surface area contributed by atoms with Crippen LogP contribution in [0, 0.1) is 0 Å². The summed E-state index contributed by atoms with van der Waals surface area (Å²) in [7, 11) is 1.50. The summed E-state index contributed by atoms with van der Waals surface area (Å²) >= 11 is 2.83. The third-order valence-electron chi connectivity index (χ3n) is 4.57. The van der Waals surface area contributed by atoms with Crippen LogP contribution in [0.4, 0.5) is 30.5 Å². The summed E-state index contributed by atoms with van der Waals surface area (Å²) in [6.07, 6.45) is -3.82. The van der Waals surface area contributed by atoms with Gasteiger partial charge < -0.3 is 19.9 Å². The van der Waals surface area contributed by atoms with Crippen LogP contribution in [0.15, 0.2) is 29.0 Å². The first-order valence-electron chi connectivity index (χ1n) is 8.74. The maximum atomic E-state index is 12.8. The van der Waals surface area contributed by atoms with E-state index >= 15 is 0 Å². The molecule has 1 aliphatic heterocycles. The van der Waals surface area contributed by atoms with Gasteiger partial charge in [0.2, 0.25) is 11.9 Å². The minimum Gasteiger partial charge on any atom is -0.494 e. The minimum atomic E-state index is -4.54. The molecular weight excluding hydrogens is 455 g/mol. The van der Waals surface area contributed by atoms with Gasteiger partial charge in [0.25, 0.3) is 0 Å². The summed E-state index contributed by atoms with van der Waals surface area (Å²) in [5, 5.41) is 2.88. The summed E-state index contributed by atoms with van der Waals surface area (Å²) in [6.45, 7) is 4.24. The quantitative estimate of drug-likeness (QED) is 0.683. The zero-order valence-electron chi connectivity index (χ0n) is 15.8. The van der Waals surface area contributed by atoms with Gasteiger partial charge in [-0.2, -0.15) is 13.2 Å². The number of hydrogen-bond donors (Lipinski definition) is 1. The molecule has 1 aliphatic rings. The molecule has 1 amide bonds. The Hall–Kier alpha value is -2.56. The number of hydrogen-bond acceptors (Lipinski definition) is 6. The van der Waals surface area contributed by atoms with Crippen molar-refractivity contribution in [2.45, 2.75) is 13.1 Å². The Kier molecular flexibility index (Phi) is 6.15. The molecule has 11 heteroatoms. The van der Waals surface area contributed by atoms with Gasteiger partial charge in [-0.1, -0.05) is 0 Å². The molecule has 156 valence electrons. The first-order chi connectivity index (χ1) is 13.7. The van der Waals surface area contributed by atoms with Gasteiger partial charge in [0, 0.05) is 51.1 Å². The maximum absolute atomic E-state index is 12.8. The number of benzene rings is 1. The summed E-state index contributed by atoms with van der Waals surface area (Å²) in [5.74, 6) is 0.562. The van der Waals surface area contributed by atoms with Crippen LogP contribution in [0.25, 0.3) is 0 Å². The van der Waals surface area contributed by atoms with E-state index in [4.69, 9.17) is 4.74 Å². The Balaban J connectivity index is 1.76. The van der Waals surface area contributed by atoms with Crippen molar-refractivity contribution in [1.29, 1.82) is 0 Å². The molecule has 2 heterocycles. The van der Waals surface area contributed by atoms with E-state index in [-0.39, 0.29) is 16.5 Å². The molecule has 0 bridgehead atoms. The number of alkyl halides is 3. The number of carbonyl (C=O) groups excluding carboxylic acids is 1. The average Bonchev–Trinajstić information content (AvgIpc) is 2.67. The molecule has 1 saturated heterocycles. The van der Waals surface area contributed by atoms with Crippen LogP contribution in [0.2, 0.25) is 0 Å². The van der Waals surface area contributed by atoms with Gasteiger partial charge in [0.15, 0.2) is 0 Å². The van der Waals surface area contributed by atoms with E-state index in [0.717, 1.165) is 11.9 Å². The Morgan fingerprint density at radius 2 is 1.93 bits per heavy atom. The highest BCUT2D eigenvalue weighted by atomic mass is 79.9. The third kappa shape index (κ3) is 4.89. The van der Waals surface area contributed by atoms with Crippen molar-refractivity contribution >= 4 is 39.2 Å². The number of ether oxygens (including phenoxy) is 1. The van der Waals surface area contributed by atoms with Crippen LogP contribution >= 0.6 is 15.9 Å². The molecule has 3 rings (SSSR count). The highest BCUT2D eigenvalue weighted by Gasteiger charge is 2.34. The molecule has 1 fully saturated rings. The maximum Gasteiger partial charge on any atom is 0.420 e. The SMILES string of the molecule is COc1cc(N2CCN(C(C)=O)CC2)ccc1Nc1ncc(C(F)(F)F)c(Br)n1. The number of carbonyl (C=O) groups is 1. The topological polar surface area (TPSA) is 70.6 Å². The third-order valence-corrected chi connectivity index (χ3v) is 5.17. The van der Waals surface area contributed by atoms with Crippen LogP contribution < -0.4 is 15.0 Å². The van der Waals surface area contributed by atoms with Crippen molar-refractivity contribution in [3.8, 4) is 5.75 Å². The fraction of sp³-hybridized carbons (Fsp3) is 0.389. The summed E-state index contributed by atoms with van der Waals surface area (Å²) in [6, 6.07) is 5.44. The van der Waals surface area contributed by atoms with E-state index < -0.39 is 11.7 Å². The van der Waals surface area contributed by atoms with Crippen molar-refractivity contribution in [2.24, 2.45) is 0 Å². The normalized spacial score (nSPS) is 14.7. The van der Waals surface area contributed by atoms with E-state index in [2.05, 4.69) is 36.1 Å². The minimum absolute atomic E-state index is 0.00555. The second kappa shape index (κ2) is 8.44. The van der Waals surface area contributed by atoms with Gasteiger partial charge in [0.1, 0.15) is 15.9 Å². The fourth-order valence-electron chi connectivity index (χ4n) is 2.99. The number of anilines is 3. The molecule has 0 saturated carbocycles. The Bertz CT molecular complexity index is 902. The Labute approximate surface area is 174 Å². The molecule has 0 atom stereocenters. The van der Waals surface area contributed by atoms with Crippen molar-refractivity contribution in [1.82, 2.24) is 14.9 Å². The Morgan fingerprint density at radius 1 is 1.24 bits per heavy atom. The molecule has 2 aromatic rings. The molecule has 0 unspecified atom stereocenters. The molecule has 1 aromatic carbocycles. The lowest BCUT2D eigenvalue weighted by Gasteiger charge is -2.35. The van der Waals surface area contributed by atoms with Crippen molar-refractivity contribution in [2.75, 3.05) is 43.5 Å². The number of halogens is 4. The average molecular weight is 474 g/mol. The number of nitrogens with zero attached hydrogens (tertiary/aromatic N) is 4. The fourth-order valence-corrected chi connectivity index (χ4v) is 3.49. The van der Waals surface area contributed by atoms with Gasteiger partial charge in [0.05, 0.1) is 12.8 Å². The van der Waals surface area contributed by atoms with E-state index in [1.807, 2.05) is 12.1 Å². The summed E-state index contributed by atoms with van der Waals surface area (Å²) in [5.41, 5.74) is 0.491. The van der Waals surface area contributed by atoms with Crippen LogP contribution in [0.3, 0.4) is 0 Å². The van der Waals surface area contributed by atoms with Gasteiger partial charge in [-0.15, -0.1) is 0 Å². The van der Waals surface area contributed by atoms with Crippen LogP contribution in [-0.4, -0.2) is 54.1 Å². The molecule has 7 nitrogen and oxygen atoms in total. The first kappa shape index (κ1) is 21.2. The standard InChI is InChI=1S/C18H19BrF3N5O2/c1-11(28)26-5-7-27(8-6-26)12-3-4-14(15(9-12)29-2)24-17-23-10-13(16(19)25-17)18(20,21)22/h3-4,9-10H,5-8H2,1-2H3,(H,23,24,25). The second-order valence-corrected chi connectivity index (χ2v) is 7.15. The molecular formula is C18H19BrF3N5O2. The highest BCUT2D eigenvalue weighted by Crippen LogP contribution is 2.35. The van der Waals surface area contributed by atoms with Crippen molar-refractivity contribution < 1.29 is 22.7 Å². The molecule has 1 N–H and O–H groups in total. The molecule has 29 heavy (non-hydrogen) atoms. The van der Waals surface area contributed by atoms with Crippen molar-refractivity contribution in [3.63, 3.8) is 0 Å². The molecule has 0 spiro atoms. The summed E-state index contributed by atoms with van der Waals surface area (Å²) in [4.78, 5) is 22.9. The van der Waals surface area contributed by atoms with E-state index in [1.54, 1.807) is 17.9 Å². The zero-order chi connectivity index (χ0) is 21.2. The first-order valence-corrected chi connectivity index (χ1v) is 9.53. The number of piperazine rings is 1. The number of amides is 1. The summed E-state index contributed by atoms with van der Waals surface area (Å²) < 4.78 is 43.6. The lowest BCUT2D eigenvalue weighted by Crippen LogP contribution is -2.48. The van der Waals surface area contributed by atoms with E-state index in [0.29, 0.717) is 37.6 Å². The molecule has 1 aromatic heterocycles. The monoisotopic (exact) mass is 473 g/mol. The Morgan fingerprint density at radius 3 is 2.48 bits per heavy atom. The number of nitrogens with one attached hydrogen (secondary N) is 1. The van der Waals surface area contributed by atoms with Crippen molar-refractivity contribution in [3.05, 3.63) is 34.6 Å². The zero-order valence-corrected chi connectivity index (χ0v) is 17.3. The molecule has 0 aliphatic carbocycles. The van der Waals surface area contributed by atoms with Gasteiger partial charge in [-0.3, -0.25) is 4.79 Å². The lowest BCUT2D eigenvalue weighted by molar-refractivity contribution is -0.138. The number of methoxy groups -OCH3 is 1. The number of aromatic nitrogens is 2. The van der Waals surface area contributed by atoms with Gasteiger partial charge >= 0.3 is 6.18 Å². The predicted octanol–water partition coefficient (Wildman–Crippen LogP) is 3.68. The van der Waals surface area contributed by atoms with Gasteiger partial charge in [-0.25, -0.2) is 9.97 Å². The predicted molar refractivity (Wildman–Crippen MR) is 105 cm³/mol. The number of rotatable bonds is 4. The largest absolute Gasteiger partial charge is 0.494 e. The van der Waals surface area contributed by atoms with Crippen LogP contribution in [-0.2, 0) is 11.0 Å². The second-order valence-electron chi connectivity index (χ2n) is 6.40. The smallest absolute Gasteiger partial charge is 0.420 e. The van der Waals surface area contributed by atoms with E-state index in [9.17, 15) is 18.0 Å². The van der Waals surface area contributed by atoms with Gasteiger partial charge in [-0.05, 0) is 28.1 Å². The highest BCUT2D eigenvalue weighted by molar-refractivity contribution is 9.10. The van der Waals surface area contributed by atoms with Crippen LogP contribution in [0.1, 0.15) is 12.5 Å². The molecule has 0 radical (unpaired) electrons.